The Morgan fingerprint density at radius 3 is 2.54 bits per heavy atom. The smallest absolute Gasteiger partial charge is 0.341 e. The molecule has 0 bridgehead atoms. The second-order valence-corrected chi connectivity index (χ2v) is 6.61. The second kappa shape index (κ2) is 8.63. The molecule has 6 nitrogen and oxygen atoms in total. The van der Waals surface area contributed by atoms with Gasteiger partial charge in [0.15, 0.2) is 0 Å². The Kier molecular flexibility index (Phi) is 6.54. The van der Waals surface area contributed by atoms with Crippen LogP contribution in [0, 0.1) is 0 Å². The van der Waals surface area contributed by atoms with Crippen molar-refractivity contribution in [2.75, 3.05) is 11.9 Å². The Bertz CT molecular complexity index is 662. The molecular formula is C17H21NO5S. The fraction of sp³-hybridized carbons (Fsp3) is 0.471. The quantitative estimate of drug-likeness (QED) is 0.628. The molecule has 2 N–H and O–H groups in total. The lowest BCUT2D eigenvalue weighted by atomic mass is 9.96. The van der Waals surface area contributed by atoms with Gasteiger partial charge in [-0.1, -0.05) is 12.8 Å². The summed E-state index contributed by atoms with van der Waals surface area (Å²) in [5, 5.41) is 11.7. The molecule has 1 aliphatic carbocycles. The number of carboxylic acid groups (broad SMARTS) is 1. The van der Waals surface area contributed by atoms with Gasteiger partial charge in [0, 0.05) is 17.0 Å². The summed E-state index contributed by atoms with van der Waals surface area (Å²) in [6, 6.07) is 0. The molecule has 0 fully saturated rings. The molecule has 1 heterocycles. The van der Waals surface area contributed by atoms with Crippen LogP contribution in [0.4, 0.5) is 5.00 Å². The maximum atomic E-state index is 12.4. The molecule has 2 rings (SSSR count). The van der Waals surface area contributed by atoms with E-state index < -0.39 is 17.8 Å². The number of hydrogen-bond donors (Lipinski definition) is 2. The molecule has 7 heteroatoms. The van der Waals surface area contributed by atoms with E-state index >= 15 is 0 Å². The van der Waals surface area contributed by atoms with E-state index in [1.54, 1.807) is 6.92 Å². The minimum atomic E-state index is -1.20. The van der Waals surface area contributed by atoms with E-state index in [-0.39, 0.29) is 6.61 Å². The van der Waals surface area contributed by atoms with Gasteiger partial charge in [-0.25, -0.2) is 9.59 Å². The Morgan fingerprint density at radius 2 is 1.88 bits per heavy atom. The van der Waals surface area contributed by atoms with Crippen molar-refractivity contribution in [3.05, 3.63) is 28.2 Å². The van der Waals surface area contributed by atoms with Crippen LogP contribution in [0.5, 0.6) is 0 Å². The van der Waals surface area contributed by atoms with Crippen LogP contribution in [0.1, 0.15) is 53.4 Å². The molecule has 1 aromatic heterocycles. The largest absolute Gasteiger partial charge is 0.478 e. The van der Waals surface area contributed by atoms with Gasteiger partial charge in [0.1, 0.15) is 5.00 Å². The zero-order valence-electron chi connectivity index (χ0n) is 13.6. The molecule has 24 heavy (non-hydrogen) atoms. The Hall–Kier alpha value is -2.15. The molecule has 0 aromatic carbocycles. The number of nitrogens with one attached hydrogen (secondary N) is 1. The van der Waals surface area contributed by atoms with Crippen LogP contribution in [-0.4, -0.2) is 29.6 Å². The summed E-state index contributed by atoms with van der Waals surface area (Å²) in [5.74, 6) is -2.21. The molecular weight excluding hydrogens is 330 g/mol. The zero-order chi connectivity index (χ0) is 17.5. The van der Waals surface area contributed by atoms with Gasteiger partial charge in [0.25, 0.3) is 0 Å². The maximum absolute atomic E-state index is 12.4. The van der Waals surface area contributed by atoms with Crippen molar-refractivity contribution in [3.63, 3.8) is 0 Å². The summed E-state index contributed by atoms with van der Waals surface area (Å²) >= 11 is 1.39. The van der Waals surface area contributed by atoms with E-state index in [2.05, 4.69) is 5.32 Å². The standard InChI is InChI=1S/C17H21NO5S/c1-2-23-17(22)15-11-7-5-3-4-6-8-12(11)24-16(15)18-13(19)9-10-14(20)21/h9-10H,2-8H2,1H3,(H,18,19)(H,20,21)/b10-9-. The number of amides is 1. The Labute approximate surface area is 144 Å². The number of carbonyl (C=O) groups excluding carboxylic acids is 2. The number of carbonyl (C=O) groups is 3. The molecule has 0 saturated heterocycles. The monoisotopic (exact) mass is 351 g/mol. The lowest BCUT2D eigenvalue weighted by Crippen LogP contribution is -2.14. The third-order valence-corrected chi connectivity index (χ3v) is 4.97. The fourth-order valence-electron chi connectivity index (χ4n) is 2.73. The number of aryl methyl sites for hydroxylation is 1. The Balaban J connectivity index is 2.34. The number of ether oxygens (including phenoxy) is 1. The van der Waals surface area contributed by atoms with Gasteiger partial charge in [-0.3, -0.25) is 4.79 Å². The van der Waals surface area contributed by atoms with Crippen molar-refractivity contribution in [2.45, 2.75) is 45.4 Å². The van der Waals surface area contributed by atoms with Crippen LogP contribution in [0.25, 0.3) is 0 Å². The van der Waals surface area contributed by atoms with Gasteiger partial charge >= 0.3 is 11.9 Å². The molecule has 0 aliphatic heterocycles. The number of anilines is 1. The number of rotatable bonds is 5. The highest BCUT2D eigenvalue weighted by Gasteiger charge is 2.25. The molecule has 130 valence electrons. The van der Waals surface area contributed by atoms with E-state index in [1.165, 1.54) is 11.3 Å². The van der Waals surface area contributed by atoms with Crippen LogP contribution in [-0.2, 0) is 27.2 Å². The normalized spacial score (nSPS) is 14.5. The highest BCUT2D eigenvalue weighted by molar-refractivity contribution is 7.17. The van der Waals surface area contributed by atoms with E-state index in [0.717, 1.165) is 61.1 Å². The number of aliphatic carboxylic acids is 1. The van der Waals surface area contributed by atoms with E-state index in [0.29, 0.717) is 10.6 Å². The van der Waals surface area contributed by atoms with Crippen molar-refractivity contribution < 1.29 is 24.2 Å². The first kappa shape index (κ1) is 18.2. The molecule has 0 saturated carbocycles. The number of fused-ring (bicyclic) bond motifs is 1. The summed E-state index contributed by atoms with van der Waals surface area (Å²) in [6.07, 6.45) is 7.73. The summed E-state index contributed by atoms with van der Waals surface area (Å²) in [7, 11) is 0. The van der Waals surface area contributed by atoms with Gasteiger partial charge in [-0.2, -0.15) is 0 Å². The van der Waals surface area contributed by atoms with Gasteiger partial charge in [0.2, 0.25) is 5.91 Å². The van der Waals surface area contributed by atoms with Crippen LogP contribution in [0.3, 0.4) is 0 Å². The summed E-state index contributed by atoms with van der Waals surface area (Å²) in [4.78, 5) is 35.9. The predicted octanol–water partition coefficient (Wildman–Crippen LogP) is 3.16. The molecule has 1 aliphatic rings. The van der Waals surface area contributed by atoms with E-state index in [4.69, 9.17) is 9.84 Å². The Morgan fingerprint density at radius 1 is 1.17 bits per heavy atom. The number of esters is 1. The summed E-state index contributed by atoms with van der Waals surface area (Å²) in [6.45, 7) is 2.00. The second-order valence-electron chi connectivity index (χ2n) is 5.50. The van der Waals surface area contributed by atoms with Crippen LogP contribution >= 0.6 is 11.3 Å². The molecule has 1 amide bonds. The molecule has 0 unspecified atom stereocenters. The lowest BCUT2D eigenvalue weighted by molar-refractivity contribution is -0.131. The fourth-order valence-corrected chi connectivity index (χ4v) is 4.01. The van der Waals surface area contributed by atoms with Crippen molar-refractivity contribution in [1.29, 1.82) is 0 Å². The minimum Gasteiger partial charge on any atom is -0.478 e. The van der Waals surface area contributed by atoms with Gasteiger partial charge < -0.3 is 15.2 Å². The SMILES string of the molecule is CCOC(=O)c1c(NC(=O)/C=C\C(=O)O)sc2c1CCCCCC2. The first-order valence-corrected chi connectivity index (χ1v) is 8.88. The summed E-state index contributed by atoms with van der Waals surface area (Å²) in [5.41, 5.74) is 1.39. The number of carboxylic acids is 1. The van der Waals surface area contributed by atoms with Crippen molar-refractivity contribution in [3.8, 4) is 0 Å². The summed E-state index contributed by atoms with van der Waals surface area (Å²) < 4.78 is 5.15. The molecule has 1 aromatic rings. The average molecular weight is 351 g/mol. The number of thiophene rings is 1. The van der Waals surface area contributed by atoms with Crippen molar-refractivity contribution in [2.24, 2.45) is 0 Å². The zero-order valence-corrected chi connectivity index (χ0v) is 14.4. The molecule has 0 radical (unpaired) electrons. The van der Waals surface area contributed by atoms with E-state index in [1.807, 2.05) is 0 Å². The van der Waals surface area contributed by atoms with E-state index in [9.17, 15) is 14.4 Å². The topological polar surface area (TPSA) is 92.7 Å². The average Bonchev–Trinajstić information content (AvgIpc) is 2.82. The van der Waals surface area contributed by atoms with Crippen LogP contribution < -0.4 is 5.32 Å². The van der Waals surface area contributed by atoms with Crippen LogP contribution in [0.2, 0.25) is 0 Å². The first-order valence-electron chi connectivity index (χ1n) is 8.06. The molecule has 0 spiro atoms. The highest BCUT2D eigenvalue weighted by Crippen LogP contribution is 2.37. The maximum Gasteiger partial charge on any atom is 0.341 e. The lowest BCUT2D eigenvalue weighted by Gasteiger charge is -2.11. The number of hydrogen-bond acceptors (Lipinski definition) is 5. The van der Waals surface area contributed by atoms with Crippen LogP contribution in [0.15, 0.2) is 12.2 Å². The van der Waals surface area contributed by atoms with Gasteiger partial charge in [-0.15, -0.1) is 11.3 Å². The minimum absolute atomic E-state index is 0.260. The van der Waals surface area contributed by atoms with Crippen molar-refractivity contribution >= 4 is 34.2 Å². The third-order valence-electron chi connectivity index (χ3n) is 3.76. The third kappa shape index (κ3) is 4.67. The van der Waals surface area contributed by atoms with Gasteiger partial charge in [-0.05, 0) is 38.2 Å². The first-order chi connectivity index (χ1) is 11.5. The van der Waals surface area contributed by atoms with Gasteiger partial charge in [0.05, 0.1) is 12.2 Å². The predicted molar refractivity (Wildman–Crippen MR) is 91.6 cm³/mol. The molecule has 0 atom stereocenters. The highest BCUT2D eigenvalue weighted by atomic mass is 32.1. The van der Waals surface area contributed by atoms with Crippen molar-refractivity contribution in [1.82, 2.24) is 0 Å².